The molecule has 2 N–H and O–H groups in total. The number of halogens is 1. The van der Waals surface area contributed by atoms with E-state index in [9.17, 15) is 9.18 Å². The molecule has 1 fully saturated rings. The van der Waals surface area contributed by atoms with Gasteiger partial charge in [0.2, 0.25) is 5.91 Å². The van der Waals surface area contributed by atoms with Gasteiger partial charge in [0, 0.05) is 25.3 Å². The minimum absolute atomic E-state index is 0.138. The summed E-state index contributed by atoms with van der Waals surface area (Å²) in [5.74, 6) is -0.434. The fourth-order valence-electron chi connectivity index (χ4n) is 2.05. The molecule has 1 aliphatic rings. The van der Waals surface area contributed by atoms with Gasteiger partial charge in [0.1, 0.15) is 5.82 Å². The van der Waals surface area contributed by atoms with Crippen molar-refractivity contribution >= 4 is 5.91 Å². The van der Waals surface area contributed by atoms with E-state index >= 15 is 0 Å². The molecular weight excluding hydrogens is 247 g/mol. The summed E-state index contributed by atoms with van der Waals surface area (Å²) in [6, 6.07) is 6.43. The first kappa shape index (κ1) is 14.0. The molecule has 0 radical (unpaired) electrons. The van der Waals surface area contributed by atoms with Gasteiger partial charge in [-0.15, -0.1) is 0 Å². The van der Waals surface area contributed by atoms with Crippen LogP contribution in [0.15, 0.2) is 24.3 Å². The van der Waals surface area contributed by atoms with Gasteiger partial charge in [-0.05, 0) is 18.9 Å². The molecule has 1 aliphatic heterocycles. The molecule has 4 nitrogen and oxygen atoms in total. The van der Waals surface area contributed by atoms with Crippen LogP contribution in [0.5, 0.6) is 0 Å². The van der Waals surface area contributed by atoms with Crippen molar-refractivity contribution in [2.45, 2.75) is 25.5 Å². The minimum Gasteiger partial charge on any atom is -0.377 e. The van der Waals surface area contributed by atoms with Crippen LogP contribution in [0.2, 0.25) is 0 Å². The number of ether oxygens (including phenoxy) is 1. The van der Waals surface area contributed by atoms with Crippen molar-refractivity contribution in [1.29, 1.82) is 0 Å². The number of rotatable bonds is 6. The van der Waals surface area contributed by atoms with Gasteiger partial charge in [0.05, 0.1) is 12.6 Å². The van der Waals surface area contributed by atoms with Crippen molar-refractivity contribution in [3.8, 4) is 0 Å². The van der Waals surface area contributed by atoms with E-state index in [1.807, 2.05) is 0 Å². The second-order valence-electron chi connectivity index (χ2n) is 4.63. The molecule has 1 heterocycles. The standard InChI is InChI=1S/C14H19FN2O2/c15-13-6-2-1-4-11(13)8-17-14(18)10-16-9-12-5-3-7-19-12/h1-2,4,6,12,16H,3,5,7-10H2,(H,17,18). The average Bonchev–Trinajstić information content (AvgIpc) is 2.91. The van der Waals surface area contributed by atoms with Crippen LogP contribution in [-0.2, 0) is 16.1 Å². The van der Waals surface area contributed by atoms with Gasteiger partial charge in [-0.25, -0.2) is 4.39 Å². The Labute approximate surface area is 112 Å². The molecule has 1 atom stereocenters. The monoisotopic (exact) mass is 266 g/mol. The van der Waals surface area contributed by atoms with Crippen molar-refractivity contribution < 1.29 is 13.9 Å². The highest BCUT2D eigenvalue weighted by atomic mass is 19.1. The van der Waals surface area contributed by atoms with Crippen LogP contribution in [0, 0.1) is 5.82 Å². The molecule has 1 saturated heterocycles. The summed E-state index contributed by atoms with van der Waals surface area (Å²) in [7, 11) is 0. The van der Waals surface area contributed by atoms with Crippen LogP contribution in [-0.4, -0.2) is 31.7 Å². The third-order valence-corrected chi connectivity index (χ3v) is 3.12. The molecule has 1 aromatic rings. The Bertz CT molecular complexity index is 420. The van der Waals surface area contributed by atoms with Gasteiger partial charge in [-0.2, -0.15) is 0 Å². The molecule has 0 bridgehead atoms. The largest absolute Gasteiger partial charge is 0.377 e. The number of carbonyl (C=O) groups excluding carboxylic acids is 1. The molecule has 104 valence electrons. The lowest BCUT2D eigenvalue weighted by Gasteiger charge is -2.11. The van der Waals surface area contributed by atoms with Crippen molar-refractivity contribution in [3.05, 3.63) is 35.6 Å². The van der Waals surface area contributed by atoms with Crippen LogP contribution >= 0.6 is 0 Å². The Kier molecular flexibility index (Phi) is 5.30. The molecule has 0 aromatic heterocycles. The number of carbonyl (C=O) groups is 1. The molecule has 1 unspecified atom stereocenters. The SMILES string of the molecule is O=C(CNCC1CCCO1)NCc1ccccc1F. The topological polar surface area (TPSA) is 50.4 Å². The zero-order chi connectivity index (χ0) is 13.5. The quantitative estimate of drug-likeness (QED) is 0.813. The van der Waals surface area contributed by atoms with Gasteiger partial charge in [0.25, 0.3) is 0 Å². The Hall–Kier alpha value is -1.46. The molecule has 0 spiro atoms. The minimum atomic E-state index is -0.296. The third kappa shape index (κ3) is 4.61. The molecule has 19 heavy (non-hydrogen) atoms. The van der Waals surface area contributed by atoms with Crippen LogP contribution in [0.25, 0.3) is 0 Å². The summed E-state index contributed by atoms with van der Waals surface area (Å²) in [6.45, 7) is 1.94. The lowest BCUT2D eigenvalue weighted by Crippen LogP contribution is -2.37. The van der Waals surface area contributed by atoms with Crippen LogP contribution in [0.4, 0.5) is 4.39 Å². The molecule has 1 amide bonds. The van der Waals surface area contributed by atoms with E-state index in [1.165, 1.54) is 6.07 Å². The van der Waals surface area contributed by atoms with Gasteiger partial charge < -0.3 is 15.4 Å². The number of amides is 1. The average molecular weight is 266 g/mol. The highest BCUT2D eigenvalue weighted by Gasteiger charge is 2.15. The maximum absolute atomic E-state index is 13.3. The van der Waals surface area contributed by atoms with Crippen LogP contribution in [0.1, 0.15) is 18.4 Å². The summed E-state index contributed by atoms with van der Waals surface area (Å²) < 4.78 is 18.7. The molecular formula is C14H19FN2O2. The highest BCUT2D eigenvalue weighted by Crippen LogP contribution is 2.10. The van der Waals surface area contributed by atoms with Gasteiger partial charge in [-0.1, -0.05) is 18.2 Å². The van der Waals surface area contributed by atoms with E-state index in [2.05, 4.69) is 10.6 Å². The van der Waals surface area contributed by atoms with E-state index in [4.69, 9.17) is 4.74 Å². The summed E-state index contributed by atoms with van der Waals surface area (Å²) in [4.78, 5) is 11.6. The number of benzene rings is 1. The molecule has 0 aliphatic carbocycles. The van der Waals surface area contributed by atoms with E-state index in [0.29, 0.717) is 12.1 Å². The molecule has 2 rings (SSSR count). The van der Waals surface area contributed by atoms with Crippen molar-refractivity contribution in [2.75, 3.05) is 19.7 Å². The summed E-state index contributed by atoms with van der Waals surface area (Å²) in [6.07, 6.45) is 2.36. The fourth-order valence-corrected chi connectivity index (χ4v) is 2.05. The summed E-state index contributed by atoms with van der Waals surface area (Å²) >= 11 is 0. The maximum Gasteiger partial charge on any atom is 0.234 e. The second-order valence-corrected chi connectivity index (χ2v) is 4.63. The number of hydrogen-bond acceptors (Lipinski definition) is 3. The first-order chi connectivity index (χ1) is 9.25. The Morgan fingerprint density at radius 3 is 3.00 bits per heavy atom. The zero-order valence-electron chi connectivity index (χ0n) is 10.8. The maximum atomic E-state index is 13.3. The van der Waals surface area contributed by atoms with Crippen molar-refractivity contribution in [1.82, 2.24) is 10.6 Å². The number of hydrogen-bond donors (Lipinski definition) is 2. The first-order valence-electron chi connectivity index (χ1n) is 6.58. The summed E-state index contributed by atoms with van der Waals surface area (Å²) in [5, 5.41) is 5.73. The fraction of sp³-hybridized carbons (Fsp3) is 0.500. The normalized spacial score (nSPS) is 18.5. The highest BCUT2D eigenvalue weighted by molar-refractivity contribution is 5.77. The smallest absolute Gasteiger partial charge is 0.234 e. The molecule has 5 heteroatoms. The van der Waals surface area contributed by atoms with E-state index in [0.717, 1.165) is 19.4 Å². The predicted molar refractivity (Wildman–Crippen MR) is 70.1 cm³/mol. The Morgan fingerprint density at radius 2 is 2.26 bits per heavy atom. The van der Waals surface area contributed by atoms with Crippen LogP contribution < -0.4 is 10.6 Å². The lowest BCUT2D eigenvalue weighted by atomic mass is 10.2. The van der Waals surface area contributed by atoms with Crippen molar-refractivity contribution in [2.24, 2.45) is 0 Å². The summed E-state index contributed by atoms with van der Waals surface area (Å²) in [5.41, 5.74) is 0.495. The van der Waals surface area contributed by atoms with E-state index in [-0.39, 0.29) is 30.9 Å². The van der Waals surface area contributed by atoms with E-state index in [1.54, 1.807) is 18.2 Å². The molecule has 1 aromatic carbocycles. The van der Waals surface area contributed by atoms with Gasteiger partial charge >= 0.3 is 0 Å². The van der Waals surface area contributed by atoms with Gasteiger partial charge in [-0.3, -0.25) is 4.79 Å². The zero-order valence-corrected chi connectivity index (χ0v) is 10.8. The predicted octanol–water partition coefficient (Wildman–Crippen LogP) is 1.21. The first-order valence-corrected chi connectivity index (χ1v) is 6.58. The molecule has 0 saturated carbocycles. The Balaban J connectivity index is 1.63. The van der Waals surface area contributed by atoms with E-state index < -0.39 is 0 Å². The number of nitrogens with one attached hydrogen (secondary N) is 2. The third-order valence-electron chi connectivity index (χ3n) is 3.12. The Morgan fingerprint density at radius 1 is 1.42 bits per heavy atom. The van der Waals surface area contributed by atoms with Gasteiger partial charge in [0.15, 0.2) is 0 Å². The van der Waals surface area contributed by atoms with Crippen LogP contribution in [0.3, 0.4) is 0 Å². The second kappa shape index (κ2) is 7.21. The van der Waals surface area contributed by atoms with Crippen molar-refractivity contribution in [3.63, 3.8) is 0 Å². The lowest BCUT2D eigenvalue weighted by molar-refractivity contribution is -0.120.